The van der Waals surface area contributed by atoms with Crippen molar-refractivity contribution >= 4 is 17.7 Å². The van der Waals surface area contributed by atoms with Crippen LogP contribution in [0.2, 0.25) is 0 Å². The number of nitrogens with two attached hydrogens (primary N) is 1. The second-order valence-electron chi connectivity index (χ2n) is 3.21. The van der Waals surface area contributed by atoms with Gasteiger partial charge in [0, 0.05) is 6.42 Å². The van der Waals surface area contributed by atoms with Gasteiger partial charge in [-0.2, -0.15) is 11.8 Å². The Labute approximate surface area is 77.4 Å². The molecule has 1 fully saturated rings. The number of nitrogens with one attached hydrogen (secondary N) is 1. The van der Waals surface area contributed by atoms with Crippen molar-refractivity contribution in [1.29, 1.82) is 0 Å². The minimum absolute atomic E-state index is 0.0255. The van der Waals surface area contributed by atoms with E-state index in [0.29, 0.717) is 12.3 Å². The van der Waals surface area contributed by atoms with Crippen LogP contribution in [0, 0.1) is 5.92 Å². The van der Waals surface area contributed by atoms with Gasteiger partial charge in [0.2, 0.25) is 5.91 Å². The van der Waals surface area contributed by atoms with Crippen molar-refractivity contribution in [3.63, 3.8) is 0 Å². The fourth-order valence-electron chi connectivity index (χ4n) is 1.45. The predicted molar refractivity (Wildman–Crippen MR) is 51.6 cm³/mol. The van der Waals surface area contributed by atoms with Crippen molar-refractivity contribution in [2.24, 2.45) is 11.8 Å². The average Bonchev–Trinajstić information content (AvgIpc) is 2.33. The Hall–Kier alpha value is -0.220. The van der Waals surface area contributed by atoms with Crippen LogP contribution in [-0.4, -0.2) is 17.4 Å². The molecule has 4 heteroatoms. The van der Waals surface area contributed by atoms with Gasteiger partial charge in [-0.1, -0.05) is 6.42 Å². The van der Waals surface area contributed by atoms with E-state index in [9.17, 15) is 4.79 Å². The average molecular weight is 188 g/mol. The van der Waals surface area contributed by atoms with Crippen molar-refractivity contribution in [3.8, 4) is 0 Å². The Morgan fingerprint density at radius 2 is 2.42 bits per heavy atom. The topological polar surface area (TPSA) is 55.1 Å². The summed E-state index contributed by atoms with van der Waals surface area (Å²) in [6.07, 6.45) is 4.34. The molecule has 0 radical (unpaired) electrons. The lowest BCUT2D eigenvalue weighted by Crippen LogP contribution is -2.31. The summed E-state index contributed by atoms with van der Waals surface area (Å²) in [7, 11) is 0. The predicted octanol–water partition coefficient (Wildman–Crippen LogP) is 0.900. The quantitative estimate of drug-likeness (QED) is 0.384. The van der Waals surface area contributed by atoms with Crippen LogP contribution in [0.5, 0.6) is 0 Å². The summed E-state index contributed by atoms with van der Waals surface area (Å²) in [5.74, 6) is 7.91. The lowest BCUT2D eigenvalue weighted by molar-refractivity contribution is -0.121. The second-order valence-corrected chi connectivity index (χ2v) is 4.36. The van der Waals surface area contributed by atoms with E-state index in [-0.39, 0.29) is 5.91 Å². The highest BCUT2D eigenvalue weighted by atomic mass is 32.2. The molecule has 0 saturated carbocycles. The first-order valence-corrected chi connectivity index (χ1v) is 5.55. The van der Waals surface area contributed by atoms with Gasteiger partial charge in [0.25, 0.3) is 0 Å². The first-order valence-electron chi connectivity index (χ1n) is 4.40. The van der Waals surface area contributed by atoms with Gasteiger partial charge in [0.1, 0.15) is 0 Å². The SMILES string of the molecule is NNC(=O)CC1CCCCSC1. The Bertz CT molecular complexity index is 144. The molecule has 0 bridgehead atoms. The Balaban J connectivity index is 2.24. The summed E-state index contributed by atoms with van der Waals surface area (Å²) in [5, 5.41) is 0. The van der Waals surface area contributed by atoms with Crippen molar-refractivity contribution in [2.45, 2.75) is 25.7 Å². The fourth-order valence-corrected chi connectivity index (χ4v) is 2.65. The Kier molecular flexibility index (Phi) is 4.46. The molecule has 3 N–H and O–H groups in total. The third-order valence-corrected chi connectivity index (χ3v) is 3.42. The molecule has 0 aromatic rings. The number of carbonyl (C=O) groups excluding carboxylic acids is 1. The first-order chi connectivity index (χ1) is 5.83. The molecule has 12 heavy (non-hydrogen) atoms. The molecule has 1 aliphatic rings. The minimum atomic E-state index is -0.0255. The molecule has 1 aliphatic heterocycles. The van der Waals surface area contributed by atoms with Crippen LogP contribution in [0.1, 0.15) is 25.7 Å². The number of thioether (sulfide) groups is 1. The van der Waals surface area contributed by atoms with E-state index in [1.54, 1.807) is 0 Å². The van der Waals surface area contributed by atoms with Crippen LogP contribution in [0.3, 0.4) is 0 Å². The van der Waals surface area contributed by atoms with Crippen LogP contribution in [0.15, 0.2) is 0 Å². The van der Waals surface area contributed by atoms with Gasteiger partial charge in [0.05, 0.1) is 0 Å². The van der Waals surface area contributed by atoms with E-state index in [4.69, 9.17) is 5.84 Å². The first kappa shape index (κ1) is 9.86. The van der Waals surface area contributed by atoms with Crippen LogP contribution < -0.4 is 11.3 Å². The van der Waals surface area contributed by atoms with Crippen molar-refractivity contribution < 1.29 is 4.79 Å². The van der Waals surface area contributed by atoms with Gasteiger partial charge in [-0.3, -0.25) is 10.2 Å². The molecule has 3 nitrogen and oxygen atoms in total. The van der Waals surface area contributed by atoms with E-state index in [1.165, 1.54) is 25.0 Å². The van der Waals surface area contributed by atoms with Gasteiger partial charge in [-0.25, -0.2) is 5.84 Å². The highest BCUT2D eigenvalue weighted by Crippen LogP contribution is 2.23. The normalized spacial score (nSPS) is 24.6. The van der Waals surface area contributed by atoms with Gasteiger partial charge < -0.3 is 0 Å². The molecule has 70 valence electrons. The second kappa shape index (κ2) is 5.43. The van der Waals surface area contributed by atoms with Crippen LogP contribution >= 0.6 is 11.8 Å². The standard InChI is InChI=1S/C8H16N2OS/c9-10-8(11)5-7-3-1-2-4-12-6-7/h7H,1-6,9H2,(H,10,11). The summed E-state index contributed by atoms with van der Waals surface area (Å²) in [4.78, 5) is 10.9. The summed E-state index contributed by atoms with van der Waals surface area (Å²) in [6, 6.07) is 0. The minimum Gasteiger partial charge on any atom is -0.294 e. The molecule has 1 amide bonds. The molecule has 0 spiro atoms. The van der Waals surface area contributed by atoms with Crippen LogP contribution in [0.4, 0.5) is 0 Å². The Morgan fingerprint density at radius 1 is 1.58 bits per heavy atom. The molecule has 1 unspecified atom stereocenters. The van der Waals surface area contributed by atoms with E-state index < -0.39 is 0 Å². The number of hydrogen-bond donors (Lipinski definition) is 2. The molecule has 1 saturated heterocycles. The molecule has 0 aromatic heterocycles. The van der Waals surface area contributed by atoms with Gasteiger partial charge >= 0.3 is 0 Å². The van der Waals surface area contributed by atoms with Crippen molar-refractivity contribution in [3.05, 3.63) is 0 Å². The molecular formula is C8H16N2OS. The van der Waals surface area contributed by atoms with Gasteiger partial charge in [-0.05, 0) is 30.3 Å². The van der Waals surface area contributed by atoms with E-state index in [0.717, 1.165) is 5.75 Å². The zero-order valence-corrected chi connectivity index (χ0v) is 8.03. The van der Waals surface area contributed by atoms with E-state index in [2.05, 4.69) is 5.43 Å². The molecule has 0 aromatic carbocycles. The fraction of sp³-hybridized carbons (Fsp3) is 0.875. The smallest absolute Gasteiger partial charge is 0.234 e. The maximum atomic E-state index is 10.9. The third-order valence-electron chi connectivity index (χ3n) is 2.14. The lowest BCUT2D eigenvalue weighted by Gasteiger charge is -2.11. The maximum Gasteiger partial charge on any atom is 0.234 e. The summed E-state index contributed by atoms with van der Waals surface area (Å²) >= 11 is 1.96. The number of hydrogen-bond acceptors (Lipinski definition) is 3. The van der Waals surface area contributed by atoms with Crippen molar-refractivity contribution in [1.82, 2.24) is 5.43 Å². The van der Waals surface area contributed by atoms with Gasteiger partial charge in [-0.15, -0.1) is 0 Å². The van der Waals surface area contributed by atoms with E-state index >= 15 is 0 Å². The van der Waals surface area contributed by atoms with Crippen LogP contribution in [0.25, 0.3) is 0 Å². The largest absolute Gasteiger partial charge is 0.294 e. The van der Waals surface area contributed by atoms with E-state index in [1.807, 2.05) is 11.8 Å². The third kappa shape index (κ3) is 3.45. The highest BCUT2D eigenvalue weighted by Gasteiger charge is 2.15. The molecule has 1 atom stereocenters. The Morgan fingerprint density at radius 3 is 3.17 bits per heavy atom. The molecule has 0 aliphatic carbocycles. The molecular weight excluding hydrogens is 172 g/mol. The van der Waals surface area contributed by atoms with Crippen LogP contribution in [-0.2, 0) is 4.79 Å². The number of carbonyl (C=O) groups is 1. The maximum absolute atomic E-state index is 10.9. The molecule has 1 heterocycles. The molecule has 1 rings (SSSR count). The summed E-state index contributed by atoms with van der Waals surface area (Å²) in [5.41, 5.74) is 2.18. The lowest BCUT2D eigenvalue weighted by atomic mass is 10.0. The zero-order chi connectivity index (χ0) is 8.81. The van der Waals surface area contributed by atoms with Crippen molar-refractivity contribution in [2.75, 3.05) is 11.5 Å². The van der Waals surface area contributed by atoms with Gasteiger partial charge in [0.15, 0.2) is 0 Å². The monoisotopic (exact) mass is 188 g/mol. The zero-order valence-electron chi connectivity index (χ0n) is 7.21. The summed E-state index contributed by atoms with van der Waals surface area (Å²) in [6.45, 7) is 0. The number of rotatable bonds is 2. The number of amides is 1. The summed E-state index contributed by atoms with van der Waals surface area (Å²) < 4.78 is 0. The highest BCUT2D eigenvalue weighted by molar-refractivity contribution is 7.99. The number of hydrazine groups is 1.